The summed E-state index contributed by atoms with van der Waals surface area (Å²) >= 11 is 0. The molecule has 136 valence electrons. The fourth-order valence-corrected chi connectivity index (χ4v) is 3.32. The molecule has 0 saturated carbocycles. The van der Waals surface area contributed by atoms with Crippen LogP contribution in [0, 0.1) is 6.92 Å². The third-order valence-electron chi connectivity index (χ3n) is 4.63. The number of furan rings is 1. The van der Waals surface area contributed by atoms with Gasteiger partial charge in [-0.3, -0.25) is 14.4 Å². The zero-order valence-corrected chi connectivity index (χ0v) is 14.7. The van der Waals surface area contributed by atoms with Crippen LogP contribution in [-0.2, 0) is 17.6 Å². The van der Waals surface area contributed by atoms with E-state index in [1.54, 1.807) is 6.92 Å². The summed E-state index contributed by atoms with van der Waals surface area (Å²) < 4.78 is 5.68. The summed E-state index contributed by atoms with van der Waals surface area (Å²) in [6, 6.07) is 9.55. The zero-order valence-electron chi connectivity index (χ0n) is 14.7. The van der Waals surface area contributed by atoms with E-state index in [2.05, 4.69) is 0 Å². The standard InChI is InChI=1S/C20H21NO5/c1-13-18-15(22)8-5-9-16(18)26-19(13)20(25)21(12-17(23)24)11-10-14-6-3-2-4-7-14/h2-4,6-7H,5,8-12H2,1H3,(H,23,24). The molecule has 1 aliphatic rings. The maximum atomic E-state index is 12.9. The number of ketones is 1. The van der Waals surface area contributed by atoms with E-state index >= 15 is 0 Å². The Hall–Kier alpha value is -2.89. The van der Waals surface area contributed by atoms with Crippen molar-refractivity contribution in [2.75, 3.05) is 13.1 Å². The molecule has 0 aliphatic heterocycles. The summed E-state index contributed by atoms with van der Waals surface area (Å²) in [6.07, 6.45) is 2.32. The van der Waals surface area contributed by atoms with E-state index in [0.29, 0.717) is 42.6 Å². The van der Waals surface area contributed by atoms with Crippen LogP contribution in [-0.4, -0.2) is 40.8 Å². The van der Waals surface area contributed by atoms with Crippen LogP contribution in [0.4, 0.5) is 0 Å². The lowest BCUT2D eigenvalue weighted by Crippen LogP contribution is -2.37. The first-order chi connectivity index (χ1) is 12.5. The van der Waals surface area contributed by atoms with Crippen molar-refractivity contribution in [3.8, 4) is 0 Å². The molecule has 1 amide bonds. The van der Waals surface area contributed by atoms with Crippen molar-refractivity contribution >= 4 is 17.7 Å². The normalized spacial score (nSPS) is 13.3. The molecular formula is C20H21NO5. The number of carbonyl (C=O) groups is 3. The second-order valence-electron chi connectivity index (χ2n) is 6.49. The van der Waals surface area contributed by atoms with E-state index in [4.69, 9.17) is 4.42 Å². The van der Waals surface area contributed by atoms with Gasteiger partial charge in [-0.1, -0.05) is 30.3 Å². The van der Waals surface area contributed by atoms with Gasteiger partial charge >= 0.3 is 5.97 Å². The minimum atomic E-state index is -1.09. The Morgan fingerprint density at radius 3 is 2.58 bits per heavy atom. The quantitative estimate of drug-likeness (QED) is 0.861. The Balaban J connectivity index is 1.83. The number of hydrogen-bond donors (Lipinski definition) is 1. The number of benzene rings is 1. The molecule has 0 unspecified atom stereocenters. The summed E-state index contributed by atoms with van der Waals surface area (Å²) in [5.41, 5.74) is 2.03. The van der Waals surface area contributed by atoms with Gasteiger partial charge in [0.2, 0.25) is 0 Å². The lowest BCUT2D eigenvalue weighted by Gasteiger charge is -2.20. The largest absolute Gasteiger partial charge is 0.480 e. The average molecular weight is 355 g/mol. The van der Waals surface area contributed by atoms with Crippen molar-refractivity contribution in [1.29, 1.82) is 0 Å². The first-order valence-corrected chi connectivity index (χ1v) is 8.68. The van der Waals surface area contributed by atoms with Crippen molar-refractivity contribution in [3.63, 3.8) is 0 Å². The van der Waals surface area contributed by atoms with Gasteiger partial charge in [-0.15, -0.1) is 0 Å². The average Bonchev–Trinajstić information content (AvgIpc) is 2.96. The highest BCUT2D eigenvalue weighted by Gasteiger charge is 2.31. The van der Waals surface area contributed by atoms with Gasteiger partial charge in [0.1, 0.15) is 12.3 Å². The molecule has 1 aliphatic carbocycles. The molecular weight excluding hydrogens is 334 g/mol. The van der Waals surface area contributed by atoms with Crippen LogP contribution in [0.2, 0.25) is 0 Å². The topological polar surface area (TPSA) is 87.8 Å². The van der Waals surface area contributed by atoms with E-state index in [9.17, 15) is 19.5 Å². The van der Waals surface area contributed by atoms with Gasteiger partial charge in [-0.2, -0.15) is 0 Å². The van der Waals surface area contributed by atoms with E-state index in [-0.39, 0.29) is 18.1 Å². The fourth-order valence-electron chi connectivity index (χ4n) is 3.32. The minimum absolute atomic E-state index is 0.0133. The molecule has 1 heterocycles. The number of rotatable bonds is 6. The molecule has 0 saturated heterocycles. The van der Waals surface area contributed by atoms with E-state index in [0.717, 1.165) is 5.56 Å². The highest BCUT2D eigenvalue weighted by atomic mass is 16.4. The van der Waals surface area contributed by atoms with Gasteiger partial charge in [-0.25, -0.2) is 0 Å². The number of nitrogens with zero attached hydrogens (tertiary/aromatic N) is 1. The lowest BCUT2D eigenvalue weighted by atomic mass is 9.94. The number of carboxylic acids is 1. The molecule has 0 spiro atoms. The number of hydrogen-bond acceptors (Lipinski definition) is 4. The van der Waals surface area contributed by atoms with Crippen LogP contribution in [0.5, 0.6) is 0 Å². The molecule has 0 bridgehead atoms. The highest BCUT2D eigenvalue weighted by molar-refractivity contribution is 6.03. The maximum Gasteiger partial charge on any atom is 0.323 e. The molecule has 1 aromatic heterocycles. The zero-order chi connectivity index (χ0) is 18.7. The van der Waals surface area contributed by atoms with Crippen molar-refractivity contribution in [3.05, 3.63) is 58.5 Å². The SMILES string of the molecule is Cc1c(C(=O)N(CCc2ccccc2)CC(=O)O)oc2c1C(=O)CCC2. The number of Topliss-reactive ketones (excluding diaryl/α,β-unsaturated/α-hetero) is 1. The maximum absolute atomic E-state index is 12.9. The Kier molecular flexibility index (Phi) is 5.21. The molecule has 0 atom stereocenters. The molecule has 2 aromatic rings. The van der Waals surface area contributed by atoms with Crippen molar-refractivity contribution in [1.82, 2.24) is 4.90 Å². The molecule has 1 N–H and O–H groups in total. The van der Waals surface area contributed by atoms with Crippen molar-refractivity contribution in [2.45, 2.75) is 32.6 Å². The molecule has 3 rings (SSSR count). The Labute approximate surface area is 151 Å². The Bertz CT molecular complexity index is 837. The number of aliphatic carboxylic acids is 1. The number of aryl methyl sites for hydroxylation is 1. The predicted molar refractivity (Wildman–Crippen MR) is 94.4 cm³/mol. The predicted octanol–water partition coefficient (Wildman–Crippen LogP) is 2.88. The molecule has 1 aromatic carbocycles. The monoisotopic (exact) mass is 355 g/mol. The van der Waals surface area contributed by atoms with Gasteiger partial charge in [0.15, 0.2) is 11.5 Å². The van der Waals surface area contributed by atoms with E-state index in [1.165, 1.54) is 4.90 Å². The molecule has 0 fully saturated rings. The number of carbonyl (C=O) groups excluding carboxylic acids is 2. The van der Waals surface area contributed by atoms with Crippen molar-refractivity contribution in [2.24, 2.45) is 0 Å². The van der Waals surface area contributed by atoms with Crippen LogP contribution in [0.25, 0.3) is 0 Å². The second kappa shape index (κ2) is 7.56. The van der Waals surface area contributed by atoms with Crippen LogP contribution in [0.15, 0.2) is 34.7 Å². The third-order valence-corrected chi connectivity index (χ3v) is 4.63. The van der Waals surface area contributed by atoms with Crippen LogP contribution < -0.4 is 0 Å². The van der Waals surface area contributed by atoms with Gasteiger partial charge in [0, 0.05) is 24.9 Å². The molecule has 0 radical (unpaired) electrons. The first-order valence-electron chi connectivity index (χ1n) is 8.68. The summed E-state index contributed by atoms with van der Waals surface area (Å²) in [7, 11) is 0. The fraction of sp³-hybridized carbons (Fsp3) is 0.350. The van der Waals surface area contributed by atoms with Crippen LogP contribution in [0.1, 0.15) is 50.6 Å². The van der Waals surface area contributed by atoms with E-state index < -0.39 is 18.4 Å². The number of fused-ring (bicyclic) bond motifs is 1. The van der Waals surface area contributed by atoms with Gasteiger partial charge in [0.25, 0.3) is 5.91 Å². The molecule has 26 heavy (non-hydrogen) atoms. The summed E-state index contributed by atoms with van der Waals surface area (Å²) in [5, 5.41) is 9.17. The minimum Gasteiger partial charge on any atom is -0.480 e. The smallest absolute Gasteiger partial charge is 0.323 e. The van der Waals surface area contributed by atoms with Crippen LogP contribution in [0.3, 0.4) is 0 Å². The van der Waals surface area contributed by atoms with E-state index in [1.807, 2.05) is 30.3 Å². The lowest BCUT2D eigenvalue weighted by molar-refractivity contribution is -0.137. The number of carboxylic acid groups (broad SMARTS) is 1. The summed E-state index contributed by atoms with van der Waals surface area (Å²) in [5.74, 6) is -0.958. The highest BCUT2D eigenvalue weighted by Crippen LogP contribution is 2.30. The second-order valence-corrected chi connectivity index (χ2v) is 6.49. The van der Waals surface area contributed by atoms with Crippen molar-refractivity contribution < 1.29 is 23.9 Å². The van der Waals surface area contributed by atoms with Gasteiger partial charge < -0.3 is 14.4 Å². The Morgan fingerprint density at radius 2 is 1.92 bits per heavy atom. The first kappa shape index (κ1) is 17.9. The summed E-state index contributed by atoms with van der Waals surface area (Å²) in [4.78, 5) is 37.5. The third kappa shape index (κ3) is 3.69. The van der Waals surface area contributed by atoms with Crippen LogP contribution >= 0.6 is 0 Å². The van der Waals surface area contributed by atoms with Gasteiger partial charge in [-0.05, 0) is 25.3 Å². The van der Waals surface area contributed by atoms with Gasteiger partial charge in [0.05, 0.1) is 5.56 Å². The Morgan fingerprint density at radius 1 is 1.19 bits per heavy atom. The molecule has 6 nitrogen and oxygen atoms in total. The molecule has 6 heteroatoms. The summed E-state index contributed by atoms with van der Waals surface area (Å²) in [6.45, 7) is 1.53. The number of amides is 1.